The van der Waals surface area contributed by atoms with Gasteiger partial charge in [-0.05, 0) is 37.0 Å². The molecule has 6 heteroatoms. The smallest absolute Gasteiger partial charge is 0.226 e. The third kappa shape index (κ3) is 3.40. The van der Waals surface area contributed by atoms with Crippen LogP contribution in [0.3, 0.4) is 0 Å². The first kappa shape index (κ1) is 16.5. The Bertz CT molecular complexity index is 771. The van der Waals surface area contributed by atoms with Crippen molar-refractivity contribution in [3.8, 4) is 0 Å². The summed E-state index contributed by atoms with van der Waals surface area (Å²) in [6, 6.07) is 8.35. The zero-order chi connectivity index (χ0) is 17.4. The molecule has 1 aromatic carbocycles. The van der Waals surface area contributed by atoms with Gasteiger partial charge in [0.15, 0.2) is 0 Å². The summed E-state index contributed by atoms with van der Waals surface area (Å²) >= 11 is 3.46. The number of aryl methyl sites for hydroxylation is 1. The molecule has 2 aromatic rings. The fourth-order valence-corrected chi connectivity index (χ4v) is 3.89. The highest BCUT2D eigenvalue weighted by molar-refractivity contribution is 9.10. The Kier molecular flexibility index (Phi) is 4.46. The molecular weight excluding hydrogens is 380 g/mol. The molecule has 2 heterocycles. The zero-order valence-corrected chi connectivity index (χ0v) is 15.8. The van der Waals surface area contributed by atoms with Crippen LogP contribution in [0, 0.1) is 12.8 Å². The average molecular weight is 401 g/mol. The van der Waals surface area contributed by atoms with Crippen molar-refractivity contribution in [2.45, 2.75) is 19.3 Å². The molecular formula is C19H21BrN4O. The van der Waals surface area contributed by atoms with Crippen LogP contribution in [-0.4, -0.2) is 47.0 Å². The molecule has 4 rings (SSSR count). The van der Waals surface area contributed by atoms with Crippen molar-refractivity contribution in [2.75, 3.05) is 31.1 Å². The summed E-state index contributed by atoms with van der Waals surface area (Å²) in [5.74, 6) is 1.80. The summed E-state index contributed by atoms with van der Waals surface area (Å²) in [6.07, 6.45) is 4.42. The maximum Gasteiger partial charge on any atom is 0.226 e. The van der Waals surface area contributed by atoms with Crippen molar-refractivity contribution >= 4 is 27.7 Å². The fourth-order valence-electron chi connectivity index (χ4n) is 3.63. The number of amides is 1. The van der Waals surface area contributed by atoms with E-state index in [1.807, 2.05) is 11.8 Å². The molecule has 0 spiro atoms. The van der Waals surface area contributed by atoms with E-state index in [1.54, 1.807) is 12.4 Å². The number of piperazine rings is 1. The SMILES string of the molecule is Cc1nccnc1N1CCN(C(=O)C2CC2c2ccc(Br)cc2)CC1. The molecule has 2 aliphatic rings. The minimum atomic E-state index is 0.158. The molecule has 5 nitrogen and oxygen atoms in total. The Labute approximate surface area is 156 Å². The van der Waals surface area contributed by atoms with Crippen LogP contribution in [0.2, 0.25) is 0 Å². The molecule has 1 aliphatic carbocycles. The molecule has 0 radical (unpaired) electrons. The van der Waals surface area contributed by atoms with Crippen LogP contribution in [0.25, 0.3) is 0 Å². The molecule has 2 atom stereocenters. The van der Waals surface area contributed by atoms with Crippen LogP contribution < -0.4 is 4.90 Å². The third-order valence-corrected chi connectivity index (χ3v) is 5.68. The van der Waals surface area contributed by atoms with Crippen LogP contribution in [-0.2, 0) is 4.79 Å². The highest BCUT2D eigenvalue weighted by Crippen LogP contribution is 2.48. The van der Waals surface area contributed by atoms with E-state index in [1.165, 1.54) is 5.56 Å². The maximum absolute atomic E-state index is 12.8. The van der Waals surface area contributed by atoms with E-state index >= 15 is 0 Å². The number of halogens is 1. The second-order valence-electron chi connectivity index (χ2n) is 6.78. The highest BCUT2D eigenvalue weighted by Gasteiger charge is 2.46. The largest absolute Gasteiger partial charge is 0.352 e. The molecule has 130 valence electrons. The summed E-state index contributed by atoms with van der Waals surface area (Å²) in [5, 5.41) is 0. The van der Waals surface area contributed by atoms with Crippen LogP contribution in [0.5, 0.6) is 0 Å². The molecule has 0 bridgehead atoms. The molecule has 2 unspecified atom stereocenters. The summed E-state index contributed by atoms with van der Waals surface area (Å²) in [4.78, 5) is 25.8. The first-order valence-corrected chi connectivity index (χ1v) is 9.49. The van der Waals surface area contributed by atoms with Gasteiger partial charge >= 0.3 is 0 Å². The molecule has 2 fully saturated rings. The minimum Gasteiger partial charge on any atom is -0.352 e. The zero-order valence-electron chi connectivity index (χ0n) is 14.2. The maximum atomic E-state index is 12.8. The van der Waals surface area contributed by atoms with Gasteiger partial charge in [0.2, 0.25) is 5.91 Å². The van der Waals surface area contributed by atoms with Crippen LogP contribution >= 0.6 is 15.9 Å². The fraction of sp³-hybridized carbons (Fsp3) is 0.421. The van der Waals surface area contributed by atoms with Crippen molar-refractivity contribution in [1.82, 2.24) is 14.9 Å². The van der Waals surface area contributed by atoms with E-state index < -0.39 is 0 Å². The number of carbonyl (C=O) groups excluding carboxylic acids is 1. The predicted octanol–water partition coefficient (Wildman–Crippen LogP) is 3.00. The number of rotatable bonds is 3. The minimum absolute atomic E-state index is 0.158. The van der Waals surface area contributed by atoms with E-state index in [0.29, 0.717) is 11.8 Å². The van der Waals surface area contributed by atoms with Gasteiger partial charge in [-0.15, -0.1) is 0 Å². The topological polar surface area (TPSA) is 49.3 Å². The monoisotopic (exact) mass is 400 g/mol. The number of benzene rings is 1. The van der Waals surface area contributed by atoms with Crippen molar-refractivity contribution in [2.24, 2.45) is 5.92 Å². The van der Waals surface area contributed by atoms with Crippen molar-refractivity contribution < 1.29 is 4.79 Å². The lowest BCUT2D eigenvalue weighted by atomic mass is 10.1. The number of nitrogens with zero attached hydrogens (tertiary/aromatic N) is 4. The van der Waals surface area contributed by atoms with Gasteiger partial charge in [0.25, 0.3) is 0 Å². The van der Waals surface area contributed by atoms with Crippen LogP contribution in [0.4, 0.5) is 5.82 Å². The summed E-state index contributed by atoms with van der Waals surface area (Å²) in [5.41, 5.74) is 2.22. The standard InChI is InChI=1S/C19H21BrN4O/c1-13-18(22-7-6-21-13)23-8-10-24(11-9-23)19(25)17-12-16(17)14-2-4-15(20)5-3-14/h2-7,16-17H,8-12H2,1H3. The van der Waals surface area contributed by atoms with Gasteiger partial charge in [0.1, 0.15) is 5.82 Å². The number of hydrogen-bond donors (Lipinski definition) is 0. The van der Waals surface area contributed by atoms with E-state index in [9.17, 15) is 4.79 Å². The van der Waals surface area contributed by atoms with Crippen LogP contribution in [0.15, 0.2) is 41.1 Å². The third-order valence-electron chi connectivity index (χ3n) is 5.15. The summed E-state index contributed by atoms with van der Waals surface area (Å²) < 4.78 is 1.08. The van der Waals surface area contributed by atoms with Gasteiger partial charge in [-0.25, -0.2) is 4.98 Å². The summed E-state index contributed by atoms with van der Waals surface area (Å²) in [6.45, 7) is 5.14. The summed E-state index contributed by atoms with van der Waals surface area (Å²) in [7, 11) is 0. The normalized spacial score (nSPS) is 22.8. The molecule has 1 aliphatic heterocycles. The van der Waals surface area contributed by atoms with Gasteiger partial charge in [0.05, 0.1) is 5.69 Å². The second kappa shape index (κ2) is 6.75. The van der Waals surface area contributed by atoms with E-state index in [-0.39, 0.29) is 5.92 Å². The number of hydrogen-bond acceptors (Lipinski definition) is 4. The van der Waals surface area contributed by atoms with Crippen LogP contribution in [0.1, 0.15) is 23.6 Å². The van der Waals surface area contributed by atoms with Gasteiger partial charge in [-0.2, -0.15) is 0 Å². The first-order chi connectivity index (χ1) is 12.1. The van der Waals surface area contributed by atoms with E-state index in [0.717, 1.165) is 48.6 Å². The molecule has 1 amide bonds. The Morgan fingerprint density at radius 1 is 1.08 bits per heavy atom. The van der Waals surface area contributed by atoms with Gasteiger partial charge in [0, 0.05) is 49.0 Å². The first-order valence-electron chi connectivity index (χ1n) is 8.70. The van der Waals surface area contributed by atoms with Gasteiger partial charge < -0.3 is 9.80 Å². The molecule has 1 saturated heterocycles. The van der Waals surface area contributed by atoms with Gasteiger partial charge in [-0.1, -0.05) is 28.1 Å². The Balaban J connectivity index is 1.35. The van der Waals surface area contributed by atoms with E-state index in [2.05, 4.69) is 55.1 Å². The van der Waals surface area contributed by atoms with Gasteiger partial charge in [-0.3, -0.25) is 9.78 Å². The van der Waals surface area contributed by atoms with Crippen molar-refractivity contribution in [1.29, 1.82) is 0 Å². The second-order valence-corrected chi connectivity index (χ2v) is 7.69. The van der Waals surface area contributed by atoms with Crippen molar-refractivity contribution in [3.63, 3.8) is 0 Å². The molecule has 1 saturated carbocycles. The Morgan fingerprint density at radius 2 is 1.76 bits per heavy atom. The lowest BCUT2D eigenvalue weighted by Crippen LogP contribution is -2.49. The number of anilines is 1. The Morgan fingerprint density at radius 3 is 2.44 bits per heavy atom. The highest BCUT2D eigenvalue weighted by atomic mass is 79.9. The average Bonchev–Trinajstić information content (AvgIpc) is 3.43. The quantitative estimate of drug-likeness (QED) is 0.794. The Hall–Kier alpha value is -1.95. The number of carbonyl (C=O) groups is 1. The van der Waals surface area contributed by atoms with Crippen molar-refractivity contribution in [3.05, 3.63) is 52.4 Å². The number of aromatic nitrogens is 2. The molecule has 1 aromatic heterocycles. The van der Waals surface area contributed by atoms with E-state index in [4.69, 9.17) is 0 Å². The molecule has 0 N–H and O–H groups in total. The molecule has 25 heavy (non-hydrogen) atoms. The lowest BCUT2D eigenvalue weighted by Gasteiger charge is -2.36. The predicted molar refractivity (Wildman–Crippen MR) is 101 cm³/mol. The lowest BCUT2D eigenvalue weighted by molar-refractivity contribution is -0.133.